The standard InChI is InChI=1S/C13H28N2O2/c1-4-13(14,10-16)6-5-7-15-8-12(3)17-9-11(15)2/h11-12,16H,4-10,14H2,1-3H3. The first-order valence-corrected chi connectivity index (χ1v) is 6.76. The maximum absolute atomic E-state index is 9.26. The Morgan fingerprint density at radius 2 is 2.18 bits per heavy atom. The number of nitrogens with two attached hydrogens (primary N) is 1. The molecule has 0 saturated carbocycles. The van der Waals surface area contributed by atoms with Crippen LogP contribution in [0.25, 0.3) is 0 Å². The van der Waals surface area contributed by atoms with Gasteiger partial charge in [-0.2, -0.15) is 0 Å². The molecule has 4 heteroatoms. The molecule has 0 aromatic heterocycles. The molecule has 4 nitrogen and oxygen atoms in total. The van der Waals surface area contributed by atoms with Crippen LogP contribution in [0.3, 0.4) is 0 Å². The van der Waals surface area contributed by atoms with E-state index in [1.165, 1.54) is 0 Å². The topological polar surface area (TPSA) is 58.7 Å². The van der Waals surface area contributed by atoms with Crippen molar-refractivity contribution < 1.29 is 9.84 Å². The zero-order chi connectivity index (χ0) is 12.9. The number of aliphatic hydroxyl groups excluding tert-OH is 1. The van der Waals surface area contributed by atoms with E-state index in [0.29, 0.717) is 12.1 Å². The van der Waals surface area contributed by atoms with Gasteiger partial charge >= 0.3 is 0 Å². The number of ether oxygens (including phenoxy) is 1. The van der Waals surface area contributed by atoms with Crippen molar-refractivity contribution in [3.8, 4) is 0 Å². The van der Waals surface area contributed by atoms with Gasteiger partial charge in [0.25, 0.3) is 0 Å². The second-order valence-electron chi connectivity index (χ2n) is 5.47. The number of hydrogen-bond donors (Lipinski definition) is 2. The van der Waals surface area contributed by atoms with Crippen LogP contribution in [0.4, 0.5) is 0 Å². The minimum atomic E-state index is -0.388. The largest absolute Gasteiger partial charge is 0.394 e. The van der Waals surface area contributed by atoms with Crippen LogP contribution >= 0.6 is 0 Å². The molecule has 0 aromatic rings. The van der Waals surface area contributed by atoms with Crippen molar-refractivity contribution in [2.75, 3.05) is 26.3 Å². The van der Waals surface area contributed by atoms with Crippen molar-refractivity contribution in [2.24, 2.45) is 5.73 Å². The van der Waals surface area contributed by atoms with Gasteiger partial charge in [0.05, 0.1) is 19.3 Å². The Hall–Kier alpha value is -0.160. The average molecular weight is 244 g/mol. The molecule has 102 valence electrons. The van der Waals surface area contributed by atoms with Crippen LogP contribution in [0.1, 0.15) is 40.0 Å². The molecule has 0 aromatic carbocycles. The van der Waals surface area contributed by atoms with Gasteiger partial charge in [0.2, 0.25) is 0 Å². The third-order valence-corrected chi connectivity index (χ3v) is 3.88. The van der Waals surface area contributed by atoms with E-state index in [1.807, 2.05) is 6.92 Å². The van der Waals surface area contributed by atoms with Gasteiger partial charge in [-0.25, -0.2) is 0 Å². The molecule has 1 aliphatic rings. The molecule has 1 fully saturated rings. The highest BCUT2D eigenvalue weighted by atomic mass is 16.5. The first-order chi connectivity index (χ1) is 8.00. The number of aliphatic hydroxyl groups is 1. The number of rotatable bonds is 6. The highest BCUT2D eigenvalue weighted by Crippen LogP contribution is 2.16. The lowest BCUT2D eigenvalue weighted by atomic mass is 9.92. The van der Waals surface area contributed by atoms with E-state index in [0.717, 1.165) is 39.0 Å². The fourth-order valence-electron chi connectivity index (χ4n) is 2.29. The van der Waals surface area contributed by atoms with Gasteiger partial charge in [-0.1, -0.05) is 6.92 Å². The lowest BCUT2D eigenvalue weighted by Gasteiger charge is -2.37. The summed E-state index contributed by atoms with van der Waals surface area (Å²) in [5.74, 6) is 0. The van der Waals surface area contributed by atoms with E-state index in [1.54, 1.807) is 0 Å². The van der Waals surface area contributed by atoms with Gasteiger partial charge in [0, 0.05) is 18.1 Å². The minimum Gasteiger partial charge on any atom is -0.394 e. The van der Waals surface area contributed by atoms with Crippen molar-refractivity contribution in [1.82, 2.24) is 4.90 Å². The van der Waals surface area contributed by atoms with E-state index in [2.05, 4.69) is 18.7 Å². The van der Waals surface area contributed by atoms with E-state index in [9.17, 15) is 5.11 Å². The van der Waals surface area contributed by atoms with Crippen LogP contribution in [-0.4, -0.2) is 54.0 Å². The van der Waals surface area contributed by atoms with Crippen LogP contribution in [0.15, 0.2) is 0 Å². The second kappa shape index (κ2) is 6.69. The van der Waals surface area contributed by atoms with Gasteiger partial charge in [-0.15, -0.1) is 0 Å². The summed E-state index contributed by atoms with van der Waals surface area (Å²) >= 11 is 0. The minimum absolute atomic E-state index is 0.0819. The molecule has 0 spiro atoms. The van der Waals surface area contributed by atoms with Crippen LogP contribution in [0.5, 0.6) is 0 Å². The lowest BCUT2D eigenvalue weighted by Crippen LogP contribution is -2.48. The Morgan fingerprint density at radius 3 is 2.76 bits per heavy atom. The monoisotopic (exact) mass is 244 g/mol. The fraction of sp³-hybridized carbons (Fsp3) is 1.00. The highest BCUT2D eigenvalue weighted by molar-refractivity contribution is 4.83. The summed E-state index contributed by atoms with van der Waals surface area (Å²) < 4.78 is 5.60. The summed E-state index contributed by atoms with van der Waals surface area (Å²) in [5, 5.41) is 9.26. The van der Waals surface area contributed by atoms with Crippen molar-refractivity contribution in [3.63, 3.8) is 0 Å². The number of morpholine rings is 1. The zero-order valence-corrected chi connectivity index (χ0v) is 11.5. The van der Waals surface area contributed by atoms with Gasteiger partial charge in [0.15, 0.2) is 0 Å². The third-order valence-electron chi connectivity index (χ3n) is 3.88. The zero-order valence-electron chi connectivity index (χ0n) is 11.5. The van der Waals surface area contributed by atoms with Crippen molar-refractivity contribution in [1.29, 1.82) is 0 Å². The second-order valence-corrected chi connectivity index (χ2v) is 5.47. The first kappa shape index (κ1) is 14.9. The number of hydrogen-bond acceptors (Lipinski definition) is 4. The molecule has 17 heavy (non-hydrogen) atoms. The highest BCUT2D eigenvalue weighted by Gasteiger charge is 2.25. The summed E-state index contributed by atoms with van der Waals surface area (Å²) in [4.78, 5) is 2.46. The van der Waals surface area contributed by atoms with Crippen molar-refractivity contribution >= 4 is 0 Å². The summed E-state index contributed by atoms with van der Waals surface area (Å²) in [6.45, 7) is 9.31. The predicted molar refractivity (Wildman–Crippen MR) is 70.0 cm³/mol. The molecule has 0 aliphatic carbocycles. The van der Waals surface area contributed by atoms with Gasteiger partial charge in [0.1, 0.15) is 0 Å². The first-order valence-electron chi connectivity index (χ1n) is 6.76. The van der Waals surface area contributed by atoms with Crippen LogP contribution in [0, 0.1) is 0 Å². The average Bonchev–Trinajstić information content (AvgIpc) is 2.33. The Balaban J connectivity index is 2.30. The smallest absolute Gasteiger partial charge is 0.0674 e. The van der Waals surface area contributed by atoms with E-state index < -0.39 is 0 Å². The fourth-order valence-corrected chi connectivity index (χ4v) is 2.29. The molecule has 1 aliphatic heterocycles. The Bertz CT molecular complexity index is 219. The molecule has 0 amide bonds. The Kier molecular flexibility index (Phi) is 5.86. The molecule has 1 heterocycles. The Morgan fingerprint density at radius 1 is 1.47 bits per heavy atom. The molecule has 3 N–H and O–H groups in total. The summed E-state index contributed by atoms with van der Waals surface area (Å²) in [6.07, 6.45) is 3.09. The molecule has 3 unspecified atom stereocenters. The maximum atomic E-state index is 9.26. The lowest BCUT2D eigenvalue weighted by molar-refractivity contribution is -0.0502. The van der Waals surface area contributed by atoms with Gasteiger partial charge < -0.3 is 15.6 Å². The summed E-state index contributed by atoms with van der Waals surface area (Å²) in [6, 6.07) is 0.495. The van der Waals surface area contributed by atoms with E-state index in [-0.39, 0.29) is 12.1 Å². The summed E-state index contributed by atoms with van der Waals surface area (Å²) in [5.41, 5.74) is 5.69. The molecular formula is C13H28N2O2. The van der Waals surface area contributed by atoms with Gasteiger partial charge in [-0.05, 0) is 39.7 Å². The van der Waals surface area contributed by atoms with E-state index in [4.69, 9.17) is 10.5 Å². The quantitative estimate of drug-likeness (QED) is 0.731. The Labute approximate surface area is 105 Å². The summed E-state index contributed by atoms with van der Waals surface area (Å²) in [7, 11) is 0. The normalized spacial score (nSPS) is 30.2. The van der Waals surface area contributed by atoms with E-state index >= 15 is 0 Å². The molecule has 3 atom stereocenters. The molecule has 0 radical (unpaired) electrons. The van der Waals surface area contributed by atoms with Crippen molar-refractivity contribution in [2.45, 2.75) is 57.7 Å². The molecular weight excluding hydrogens is 216 g/mol. The van der Waals surface area contributed by atoms with Crippen LogP contribution in [-0.2, 0) is 4.74 Å². The SMILES string of the molecule is CCC(N)(CO)CCCN1CC(C)OCC1C. The predicted octanol–water partition coefficient (Wildman–Crippen LogP) is 0.976. The maximum Gasteiger partial charge on any atom is 0.0674 e. The molecule has 1 rings (SSSR count). The molecule has 1 saturated heterocycles. The van der Waals surface area contributed by atoms with Crippen LogP contribution in [0.2, 0.25) is 0 Å². The number of nitrogens with zero attached hydrogens (tertiary/aromatic N) is 1. The molecule has 0 bridgehead atoms. The van der Waals surface area contributed by atoms with Crippen LogP contribution < -0.4 is 5.73 Å². The van der Waals surface area contributed by atoms with Crippen molar-refractivity contribution in [3.05, 3.63) is 0 Å². The third kappa shape index (κ3) is 4.54. The van der Waals surface area contributed by atoms with Gasteiger partial charge in [-0.3, -0.25) is 4.90 Å².